The van der Waals surface area contributed by atoms with Gasteiger partial charge in [-0.3, -0.25) is 4.79 Å². The highest BCUT2D eigenvalue weighted by Gasteiger charge is 2.34. The maximum Gasteiger partial charge on any atom is 0.255 e. The van der Waals surface area contributed by atoms with Crippen LogP contribution in [0, 0.1) is 0 Å². The lowest BCUT2D eigenvalue weighted by molar-refractivity contribution is 0.0572. The molecule has 92 valence electrons. The highest BCUT2D eigenvalue weighted by atomic mass is 35.5. The summed E-state index contributed by atoms with van der Waals surface area (Å²) in [5.74, 6) is -0.185. The summed E-state index contributed by atoms with van der Waals surface area (Å²) in [5.41, 5.74) is -0.419. The van der Waals surface area contributed by atoms with Gasteiger partial charge in [0.2, 0.25) is 0 Å². The highest BCUT2D eigenvalue weighted by Crippen LogP contribution is 2.26. The lowest BCUT2D eigenvalue weighted by Crippen LogP contribution is -2.34. The lowest BCUT2D eigenvalue weighted by Gasteiger charge is -2.19. The number of carbonyl (C=O) groups excluding carboxylic acids is 1. The van der Waals surface area contributed by atoms with Crippen LogP contribution in [-0.2, 0) is 0 Å². The maximum atomic E-state index is 12.2. The average Bonchev–Trinajstić information content (AvgIpc) is 2.61. The van der Waals surface area contributed by atoms with E-state index in [4.69, 9.17) is 23.2 Å². The van der Waals surface area contributed by atoms with Crippen LogP contribution in [0.15, 0.2) is 18.2 Å². The summed E-state index contributed by atoms with van der Waals surface area (Å²) in [5, 5.41) is 10.7. The van der Waals surface area contributed by atoms with Crippen molar-refractivity contribution in [3.63, 3.8) is 0 Å². The van der Waals surface area contributed by atoms with Gasteiger partial charge < -0.3 is 10.0 Å². The van der Waals surface area contributed by atoms with Gasteiger partial charge >= 0.3 is 0 Å². The van der Waals surface area contributed by atoms with E-state index in [1.54, 1.807) is 30.0 Å². The fourth-order valence-electron chi connectivity index (χ4n) is 1.95. The molecule has 1 heterocycles. The molecule has 1 N–H and O–H groups in total. The Labute approximate surface area is 110 Å². The Morgan fingerprint density at radius 3 is 2.76 bits per heavy atom. The molecular weight excluding hydrogens is 261 g/mol. The Morgan fingerprint density at radius 1 is 1.47 bits per heavy atom. The highest BCUT2D eigenvalue weighted by molar-refractivity contribution is 6.35. The van der Waals surface area contributed by atoms with Crippen molar-refractivity contribution < 1.29 is 9.90 Å². The van der Waals surface area contributed by atoms with Crippen LogP contribution in [0.1, 0.15) is 23.7 Å². The van der Waals surface area contributed by atoms with Gasteiger partial charge in [0.25, 0.3) is 5.91 Å². The van der Waals surface area contributed by atoms with E-state index in [-0.39, 0.29) is 5.91 Å². The number of halogens is 2. The normalized spacial score (nSPS) is 24.1. The van der Waals surface area contributed by atoms with Gasteiger partial charge in [-0.2, -0.15) is 0 Å². The number of rotatable bonds is 1. The van der Waals surface area contributed by atoms with Crippen molar-refractivity contribution >= 4 is 29.1 Å². The molecule has 0 radical (unpaired) electrons. The van der Waals surface area contributed by atoms with Gasteiger partial charge in [0.1, 0.15) is 0 Å². The summed E-state index contributed by atoms with van der Waals surface area (Å²) in [7, 11) is 0. The molecule has 0 aromatic heterocycles. The van der Waals surface area contributed by atoms with Crippen molar-refractivity contribution in [2.24, 2.45) is 0 Å². The van der Waals surface area contributed by atoms with Gasteiger partial charge in [-0.25, -0.2) is 0 Å². The molecule has 1 aliphatic heterocycles. The molecule has 0 spiro atoms. The predicted octanol–water partition coefficient (Wildman–Crippen LogP) is 2.59. The molecule has 5 heteroatoms. The number of aliphatic hydroxyl groups is 1. The smallest absolute Gasteiger partial charge is 0.255 e. The zero-order valence-corrected chi connectivity index (χ0v) is 10.9. The minimum Gasteiger partial charge on any atom is -0.388 e. The Kier molecular flexibility index (Phi) is 3.34. The van der Waals surface area contributed by atoms with Crippen LogP contribution in [-0.4, -0.2) is 34.6 Å². The summed E-state index contributed by atoms with van der Waals surface area (Å²) < 4.78 is 0. The SMILES string of the molecule is CC1(O)CCN(C(=O)c2cc(Cl)ccc2Cl)C1. The third kappa shape index (κ3) is 2.73. The molecule has 1 aliphatic rings. The van der Waals surface area contributed by atoms with E-state index in [1.165, 1.54) is 0 Å². The Hall–Kier alpha value is -0.770. The maximum absolute atomic E-state index is 12.2. The lowest BCUT2D eigenvalue weighted by atomic mass is 10.1. The van der Waals surface area contributed by atoms with Crippen LogP contribution in [0.2, 0.25) is 10.0 Å². The zero-order valence-electron chi connectivity index (χ0n) is 9.41. The van der Waals surface area contributed by atoms with Crippen molar-refractivity contribution in [3.05, 3.63) is 33.8 Å². The summed E-state index contributed by atoms with van der Waals surface area (Å²) in [6.07, 6.45) is 0.580. The Bertz CT molecular complexity index is 460. The largest absolute Gasteiger partial charge is 0.388 e. The molecule has 0 aliphatic carbocycles. The minimum atomic E-state index is -0.805. The molecule has 0 saturated carbocycles. The molecule has 1 unspecified atom stereocenters. The topological polar surface area (TPSA) is 40.5 Å². The molecule has 1 atom stereocenters. The summed E-state index contributed by atoms with van der Waals surface area (Å²) >= 11 is 11.8. The fourth-order valence-corrected chi connectivity index (χ4v) is 2.32. The van der Waals surface area contributed by atoms with Crippen molar-refractivity contribution in [2.45, 2.75) is 18.9 Å². The second-order valence-electron chi connectivity index (χ2n) is 4.60. The molecule has 1 aromatic carbocycles. The minimum absolute atomic E-state index is 0.185. The zero-order chi connectivity index (χ0) is 12.6. The number of nitrogens with zero attached hydrogens (tertiary/aromatic N) is 1. The monoisotopic (exact) mass is 273 g/mol. The quantitative estimate of drug-likeness (QED) is 0.855. The van der Waals surface area contributed by atoms with Crippen molar-refractivity contribution in [1.82, 2.24) is 4.90 Å². The fraction of sp³-hybridized carbons (Fsp3) is 0.417. The van der Waals surface area contributed by atoms with Crippen LogP contribution in [0.25, 0.3) is 0 Å². The standard InChI is InChI=1S/C12H13Cl2NO2/c1-12(17)4-5-15(7-12)11(16)9-6-8(13)2-3-10(9)14/h2-3,6,17H,4-5,7H2,1H3. The molecular formula is C12H13Cl2NO2. The third-order valence-electron chi connectivity index (χ3n) is 2.90. The van der Waals surface area contributed by atoms with E-state index in [2.05, 4.69) is 0 Å². The van der Waals surface area contributed by atoms with Crippen molar-refractivity contribution in [3.8, 4) is 0 Å². The molecule has 1 aromatic rings. The average molecular weight is 274 g/mol. The number of hydrogen-bond donors (Lipinski definition) is 1. The molecule has 0 bridgehead atoms. The van der Waals surface area contributed by atoms with Crippen LogP contribution in [0.4, 0.5) is 0 Å². The Morgan fingerprint density at radius 2 is 2.18 bits per heavy atom. The van der Waals surface area contributed by atoms with Gasteiger partial charge in [0.15, 0.2) is 0 Å². The molecule has 1 fully saturated rings. The van der Waals surface area contributed by atoms with Gasteiger partial charge in [-0.1, -0.05) is 23.2 Å². The number of carbonyl (C=O) groups is 1. The van der Waals surface area contributed by atoms with Crippen LogP contribution in [0.5, 0.6) is 0 Å². The number of hydrogen-bond acceptors (Lipinski definition) is 2. The van der Waals surface area contributed by atoms with E-state index >= 15 is 0 Å². The second kappa shape index (κ2) is 4.48. The summed E-state index contributed by atoms with van der Waals surface area (Å²) in [6.45, 7) is 2.59. The van der Waals surface area contributed by atoms with Gasteiger partial charge in [-0.05, 0) is 31.5 Å². The van der Waals surface area contributed by atoms with E-state index in [9.17, 15) is 9.90 Å². The first-order valence-corrected chi connectivity index (χ1v) is 6.11. The van der Waals surface area contributed by atoms with Crippen molar-refractivity contribution in [2.75, 3.05) is 13.1 Å². The predicted molar refractivity (Wildman–Crippen MR) is 67.6 cm³/mol. The van der Waals surface area contributed by atoms with Gasteiger partial charge in [-0.15, -0.1) is 0 Å². The van der Waals surface area contributed by atoms with E-state index in [0.29, 0.717) is 35.1 Å². The number of β-amino-alcohol motifs (C(OH)–C–C–N with tert-alkyl or cyclic N) is 1. The first-order chi connectivity index (χ1) is 7.89. The summed E-state index contributed by atoms with van der Waals surface area (Å²) in [6, 6.07) is 4.80. The van der Waals surface area contributed by atoms with Gasteiger partial charge in [0, 0.05) is 18.1 Å². The third-order valence-corrected chi connectivity index (χ3v) is 3.46. The number of likely N-dealkylation sites (tertiary alicyclic amines) is 1. The molecule has 17 heavy (non-hydrogen) atoms. The van der Waals surface area contributed by atoms with Crippen LogP contribution < -0.4 is 0 Å². The van der Waals surface area contributed by atoms with Crippen LogP contribution >= 0.6 is 23.2 Å². The first kappa shape index (κ1) is 12.7. The second-order valence-corrected chi connectivity index (χ2v) is 5.44. The van der Waals surface area contributed by atoms with Gasteiger partial charge in [0.05, 0.1) is 16.2 Å². The Balaban J connectivity index is 2.23. The van der Waals surface area contributed by atoms with Crippen molar-refractivity contribution in [1.29, 1.82) is 0 Å². The first-order valence-electron chi connectivity index (χ1n) is 5.36. The van der Waals surface area contributed by atoms with E-state index in [1.807, 2.05) is 0 Å². The van der Waals surface area contributed by atoms with E-state index in [0.717, 1.165) is 0 Å². The van der Waals surface area contributed by atoms with E-state index < -0.39 is 5.60 Å². The molecule has 1 saturated heterocycles. The summed E-state index contributed by atoms with van der Waals surface area (Å²) in [4.78, 5) is 13.8. The molecule has 1 amide bonds. The van der Waals surface area contributed by atoms with Crippen LogP contribution in [0.3, 0.4) is 0 Å². The number of amides is 1. The molecule has 2 rings (SSSR count). The number of benzene rings is 1. The molecule has 3 nitrogen and oxygen atoms in total.